The van der Waals surface area contributed by atoms with Crippen LogP contribution in [0.5, 0.6) is 5.75 Å². The number of ether oxygens (including phenoxy) is 1. The van der Waals surface area contributed by atoms with Crippen molar-refractivity contribution in [3.63, 3.8) is 0 Å². The summed E-state index contributed by atoms with van der Waals surface area (Å²) < 4.78 is 5.33. The number of piperazine rings is 1. The fourth-order valence-electron chi connectivity index (χ4n) is 3.22. The molecule has 1 heterocycles. The first-order valence-electron chi connectivity index (χ1n) is 8.76. The van der Waals surface area contributed by atoms with Gasteiger partial charge in [-0.2, -0.15) is 0 Å². The van der Waals surface area contributed by atoms with Crippen LogP contribution in [0.15, 0.2) is 30.9 Å². The topological polar surface area (TPSA) is 49.9 Å². The molecule has 0 bridgehead atoms. The van der Waals surface area contributed by atoms with Gasteiger partial charge in [0.15, 0.2) is 0 Å². The van der Waals surface area contributed by atoms with Gasteiger partial charge in [0.25, 0.3) is 5.91 Å². The van der Waals surface area contributed by atoms with Gasteiger partial charge >= 0.3 is 0 Å². The van der Waals surface area contributed by atoms with Crippen molar-refractivity contribution >= 4 is 11.8 Å². The molecule has 1 aromatic carbocycles. The van der Waals surface area contributed by atoms with E-state index in [9.17, 15) is 9.59 Å². The van der Waals surface area contributed by atoms with Crippen molar-refractivity contribution in [2.45, 2.75) is 33.2 Å². The molecule has 0 aromatic heterocycles. The summed E-state index contributed by atoms with van der Waals surface area (Å²) in [5.41, 5.74) is 1.50. The molecule has 1 aliphatic rings. The third-order valence-electron chi connectivity index (χ3n) is 4.49. The van der Waals surface area contributed by atoms with Crippen LogP contribution in [0, 0.1) is 5.92 Å². The molecule has 0 spiro atoms. The molecular weight excluding hydrogens is 316 g/mol. The third-order valence-corrected chi connectivity index (χ3v) is 4.49. The van der Waals surface area contributed by atoms with Crippen molar-refractivity contribution in [2.75, 3.05) is 26.7 Å². The summed E-state index contributed by atoms with van der Waals surface area (Å²) in [6.07, 6.45) is 2.41. The van der Waals surface area contributed by atoms with Crippen LogP contribution >= 0.6 is 0 Å². The van der Waals surface area contributed by atoms with E-state index >= 15 is 0 Å². The summed E-state index contributed by atoms with van der Waals surface area (Å²) in [6, 6.07) is 4.95. The Balaban J connectivity index is 2.19. The Morgan fingerprint density at radius 3 is 2.72 bits per heavy atom. The molecule has 1 atom stereocenters. The number of benzene rings is 1. The number of hydrogen-bond donors (Lipinski definition) is 0. The first-order valence-corrected chi connectivity index (χ1v) is 8.76. The standard InChI is InChI=1S/C20H28N2O3/c1-6-7-16-12-17(8-9-18(16)25-5)20(24)22-11-10-21(13-14(2)3)19(23)15(22)4/h6,8-9,12,14-15H,1,7,10-11,13H2,2-5H3. The summed E-state index contributed by atoms with van der Waals surface area (Å²) in [5, 5.41) is 0. The van der Waals surface area contributed by atoms with E-state index in [4.69, 9.17) is 4.74 Å². The van der Waals surface area contributed by atoms with Crippen LogP contribution in [-0.4, -0.2) is 54.4 Å². The maximum absolute atomic E-state index is 12.9. The number of amides is 2. The lowest BCUT2D eigenvalue weighted by Crippen LogP contribution is -2.58. The summed E-state index contributed by atoms with van der Waals surface area (Å²) in [6.45, 7) is 11.6. The van der Waals surface area contributed by atoms with E-state index in [1.54, 1.807) is 37.1 Å². The van der Waals surface area contributed by atoms with Gasteiger partial charge in [-0.05, 0) is 43.0 Å². The molecule has 5 nitrogen and oxygen atoms in total. The highest BCUT2D eigenvalue weighted by Crippen LogP contribution is 2.23. The van der Waals surface area contributed by atoms with Crippen LogP contribution < -0.4 is 4.74 Å². The molecule has 2 amide bonds. The molecule has 1 fully saturated rings. The van der Waals surface area contributed by atoms with Gasteiger partial charge in [-0.3, -0.25) is 9.59 Å². The highest BCUT2D eigenvalue weighted by Gasteiger charge is 2.34. The van der Waals surface area contributed by atoms with E-state index in [1.807, 2.05) is 11.0 Å². The molecule has 1 aromatic rings. The lowest BCUT2D eigenvalue weighted by Gasteiger charge is -2.39. The molecule has 25 heavy (non-hydrogen) atoms. The smallest absolute Gasteiger partial charge is 0.254 e. The van der Waals surface area contributed by atoms with Crippen LogP contribution in [0.1, 0.15) is 36.7 Å². The number of allylic oxidation sites excluding steroid dienone is 1. The first kappa shape index (κ1) is 19.0. The van der Waals surface area contributed by atoms with Crippen molar-refractivity contribution in [1.82, 2.24) is 9.80 Å². The van der Waals surface area contributed by atoms with Gasteiger partial charge in [-0.1, -0.05) is 19.9 Å². The Hall–Kier alpha value is -2.30. The number of methoxy groups -OCH3 is 1. The van der Waals surface area contributed by atoms with Gasteiger partial charge in [0.05, 0.1) is 7.11 Å². The highest BCUT2D eigenvalue weighted by atomic mass is 16.5. The molecule has 1 aliphatic heterocycles. The van der Waals surface area contributed by atoms with Crippen molar-refractivity contribution < 1.29 is 14.3 Å². The lowest BCUT2D eigenvalue weighted by molar-refractivity contribution is -0.140. The predicted molar refractivity (Wildman–Crippen MR) is 98.8 cm³/mol. The molecule has 0 saturated carbocycles. The maximum Gasteiger partial charge on any atom is 0.254 e. The number of nitrogens with zero attached hydrogens (tertiary/aromatic N) is 2. The second-order valence-corrected chi connectivity index (χ2v) is 6.87. The number of hydrogen-bond acceptors (Lipinski definition) is 3. The average molecular weight is 344 g/mol. The second-order valence-electron chi connectivity index (χ2n) is 6.87. The average Bonchev–Trinajstić information content (AvgIpc) is 2.58. The Labute approximate surface area is 150 Å². The fourth-order valence-corrected chi connectivity index (χ4v) is 3.22. The van der Waals surface area contributed by atoms with Gasteiger partial charge in [0, 0.05) is 25.2 Å². The fraction of sp³-hybridized carbons (Fsp3) is 0.500. The van der Waals surface area contributed by atoms with E-state index in [-0.39, 0.29) is 11.8 Å². The van der Waals surface area contributed by atoms with E-state index in [1.165, 1.54) is 0 Å². The predicted octanol–water partition coefficient (Wildman–Crippen LogP) is 2.75. The van der Waals surface area contributed by atoms with Crippen molar-refractivity contribution in [3.05, 3.63) is 42.0 Å². The van der Waals surface area contributed by atoms with Crippen molar-refractivity contribution in [2.24, 2.45) is 5.92 Å². The normalized spacial score (nSPS) is 17.8. The van der Waals surface area contributed by atoms with Gasteiger partial charge in [-0.25, -0.2) is 0 Å². The number of carbonyl (C=O) groups excluding carboxylic acids is 2. The SMILES string of the molecule is C=CCc1cc(C(=O)N2CCN(CC(C)C)C(=O)C2C)ccc1OC. The molecule has 1 saturated heterocycles. The summed E-state index contributed by atoms with van der Waals surface area (Å²) in [7, 11) is 1.61. The molecular formula is C20H28N2O3. The maximum atomic E-state index is 12.9. The van der Waals surface area contributed by atoms with Crippen LogP contribution in [0.3, 0.4) is 0 Å². The Morgan fingerprint density at radius 1 is 1.40 bits per heavy atom. The number of rotatable bonds is 6. The minimum atomic E-state index is -0.440. The minimum absolute atomic E-state index is 0.0214. The van der Waals surface area contributed by atoms with Gasteiger partial charge in [0.1, 0.15) is 11.8 Å². The minimum Gasteiger partial charge on any atom is -0.496 e. The van der Waals surface area contributed by atoms with Crippen molar-refractivity contribution in [3.8, 4) is 5.75 Å². The van der Waals surface area contributed by atoms with Crippen LogP contribution in [0.25, 0.3) is 0 Å². The molecule has 136 valence electrons. The quantitative estimate of drug-likeness (QED) is 0.746. The van der Waals surface area contributed by atoms with E-state index in [2.05, 4.69) is 20.4 Å². The Kier molecular flexibility index (Phi) is 6.23. The molecule has 0 aliphatic carbocycles. The van der Waals surface area contributed by atoms with Crippen LogP contribution in [0.2, 0.25) is 0 Å². The van der Waals surface area contributed by atoms with Crippen LogP contribution in [-0.2, 0) is 11.2 Å². The molecule has 5 heteroatoms. The summed E-state index contributed by atoms with van der Waals surface area (Å²) in [5.74, 6) is 1.06. The molecule has 2 rings (SSSR count). The van der Waals surface area contributed by atoms with Gasteiger partial charge in [0.2, 0.25) is 5.91 Å². The van der Waals surface area contributed by atoms with E-state index in [0.29, 0.717) is 31.0 Å². The van der Waals surface area contributed by atoms with Crippen LogP contribution in [0.4, 0.5) is 0 Å². The lowest BCUT2D eigenvalue weighted by atomic mass is 10.0. The highest BCUT2D eigenvalue weighted by molar-refractivity contribution is 5.98. The van der Waals surface area contributed by atoms with Crippen molar-refractivity contribution in [1.29, 1.82) is 0 Å². The Bertz CT molecular complexity index is 654. The molecule has 0 N–H and O–H groups in total. The second kappa shape index (κ2) is 8.19. The Morgan fingerprint density at radius 2 is 2.12 bits per heavy atom. The van der Waals surface area contributed by atoms with Gasteiger partial charge in [-0.15, -0.1) is 6.58 Å². The zero-order valence-corrected chi connectivity index (χ0v) is 15.6. The van der Waals surface area contributed by atoms with E-state index in [0.717, 1.165) is 17.9 Å². The third kappa shape index (κ3) is 4.21. The summed E-state index contributed by atoms with van der Waals surface area (Å²) in [4.78, 5) is 29.0. The zero-order valence-electron chi connectivity index (χ0n) is 15.6. The zero-order chi connectivity index (χ0) is 18.6. The number of carbonyl (C=O) groups is 2. The van der Waals surface area contributed by atoms with E-state index < -0.39 is 6.04 Å². The van der Waals surface area contributed by atoms with Gasteiger partial charge < -0.3 is 14.5 Å². The largest absolute Gasteiger partial charge is 0.496 e. The molecule has 1 unspecified atom stereocenters. The molecule has 0 radical (unpaired) electrons. The first-order chi connectivity index (χ1) is 11.9. The summed E-state index contributed by atoms with van der Waals surface area (Å²) >= 11 is 0. The monoisotopic (exact) mass is 344 g/mol.